The molecule has 0 bridgehead atoms. The number of methoxy groups -OCH3 is 2. The van der Waals surface area contributed by atoms with Crippen molar-refractivity contribution in [3.05, 3.63) is 53.6 Å². The third-order valence-electron chi connectivity index (χ3n) is 3.75. The molecular formula is C20H21N3O4. The number of benzene rings is 2. The van der Waals surface area contributed by atoms with Crippen molar-refractivity contribution in [1.29, 1.82) is 5.26 Å². The minimum absolute atomic E-state index is 0.173. The lowest BCUT2D eigenvalue weighted by atomic mass is 10.1. The van der Waals surface area contributed by atoms with Crippen LogP contribution in [0.5, 0.6) is 11.5 Å². The van der Waals surface area contributed by atoms with Gasteiger partial charge in [0.2, 0.25) is 11.8 Å². The molecule has 2 N–H and O–H groups in total. The molecule has 0 aromatic heterocycles. The maximum Gasteiger partial charge on any atom is 0.234 e. The Morgan fingerprint density at radius 1 is 1.00 bits per heavy atom. The summed E-state index contributed by atoms with van der Waals surface area (Å²) in [7, 11) is 3.10. The van der Waals surface area contributed by atoms with Crippen LogP contribution in [-0.2, 0) is 22.6 Å². The Morgan fingerprint density at radius 2 is 1.78 bits per heavy atom. The highest BCUT2D eigenvalue weighted by Gasteiger charge is 2.09. The molecule has 2 aromatic carbocycles. The Balaban J connectivity index is 1.97. The van der Waals surface area contributed by atoms with E-state index >= 15 is 0 Å². The summed E-state index contributed by atoms with van der Waals surface area (Å²) in [6, 6.07) is 14.3. The van der Waals surface area contributed by atoms with Gasteiger partial charge in [0.15, 0.2) is 11.5 Å². The van der Waals surface area contributed by atoms with Gasteiger partial charge < -0.3 is 20.1 Å². The number of anilines is 1. The lowest BCUT2D eigenvalue weighted by Gasteiger charge is -2.10. The monoisotopic (exact) mass is 367 g/mol. The van der Waals surface area contributed by atoms with Crippen LogP contribution in [0, 0.1) is 11.3 Å². The van der Waals surface area contributed by atoms with Crippen molar-refractivity contribution in [2.24, 2.45) is 0 Å². The highest BCUT2D eigenvalue weighted by Crippen LogP contribution is 2.27. The molecule has 0 atom stereocenters. The predicted octanol–water partition coefficient (Wildman–Crippen LogP) is 2.41. The molecule has 0 radical (unpaired) electrons. The number of nitriles is 1. The van der Waals surface area contributed by atoms with Gasteiger partial charge in [0.1, 0.15) is 6.42 Å². The zero-order valence-corrected chi connectivity index (χ0v) is 15.2. The second-order valence-electron chi connectivity index (χ2n) is 5.73. The Hall–Kier alpha value is -3.53. The van der Waals surface area contributed by atoms with E-state index in [1.54, 1.807) is 50.6 Å². The fourth-order valence-electron chi connectivity index (χ4n) is 2.48. The predicted molar refractivity (Wildman–Crippen MR) is 100 cm³/mol. The normalized spacial score (nSPS) is 9.81. The van der Waals surface area contributed by atoms with Gasteiger partial charge in [-0.2, -0.15) is 5.26 Å². The SMILES string of the molecule is COc1ccc(CC(=O)Nc2cccc(CNC(=O)CC#N)c2)cc1OC. The van der Waals surface area contributed by atoms with Crippen LogP contribution in [-0.4, -0.2) is 26.0 Å². The largest absolute Gasteiger partial charge is 0.493 e. The molecule has 0 fully saturated rings. The van der Waals surface area contributed by atoms with Crippen molar-refractivity contribution in [1.82, 2.24) is 5.32 Å². The number of carbonyl (C=O) groups excluding carboxylic acids is 2. The van der Waals surface area contributed by atoms with Crippen molar-refractivity contribution in [3.8, 4) is 17.6 Å². The number of nitrogens with zero attached hydrogens (tertiary/aromatic N) is 1. The summed E-state index contributed by atoms with van der Waals surface area (Å²) in [5, 5.41) is 14.0. The molecule has 0 unspecified atom stereocenters. The van der Waals surface area contributed by atoms with Crippen LogP contribution in [0.4, 0.5) is 5.69 Å². The fourth-order valence-corrected chi connectivity index (χ4v) is 2.48. The van der Waals surface area contributed by atoms with Gasteiger partial charge in [-0.15, -0.1) is 0 Å². The minimum atomic E-state index is -0.333. The highest BCUT2D eigenvalue weighted by atomic mass is 16.5. The number of nitrogens with one attached hydrogen (secondary N) is 2. The lowest BCUT2D eigenvalue weighted by Crippen LogP contribution is -2.22. The number of hydrogen-bond acceptors (Lipinski definition) is 5. The first-order chi connectivity index (χ1) is 13.0. The van der Waals surface area contributed by atoms with E-state index in [2.05, 4.69) is 10.6 Å². The number of carbonyl (C=O) groups is 2. The fraction of sp³-hybridized carbons (Fsp3) is 0.250. The minimum Gasteiger partial charge on any atom is -0.493 e. The number of hydrogen-bond donors (Lipinski definition) is 2. The third-order valence-corrected chi connectivity index (χ3v) is 3.75. The first-order valence-corrected chi connectivity index (χ1v) is 8.29. The van der Waals surface area contributed by atoms with Gasteiger partial charge in [-0.3, -0.25) is 9.59 Å². The first-order valence-electron chi connectivity index (χ1n) is 8.29. The molecule has 0 aliphatic carbocycles. The van der Waals surface area contributed by atoms with Gasteiger partial charge in [-0.05, 0) is 35.4 Å². The molecule has 0 saturated carbocycles. The van der Waals surface area contributed by atoms with Crippen LogP contribution in [0.1, 0.15) is 17.5 Å². The molecule has 0 aliphatic rings. The van der Waals surface area contributed by atoms with Crippen molar-refractivity contribution in [2.45, 2.75) is 19.4 Å². The summed E-state index contributed by atoms with van der Waals surface area (Å²) in [6.07, 6.45) is 0.00520. The van der Waals surface area contributed by atoms with Crippen LogP contribution < -0.4 is 20.1 Å². The molecule has 0 heterocycles. The van der Waals surface area contributed by atoms with Gasteiger partial charge in [0, 0.05) is 12.2 Å². The quantitative estimate of drug-likeness (QED) is 0.746. The van der Waals surface area contributed by atoms with Crippen molar-refractivity contribution in [3.63, 3.8) is 0 Å². The van der Waals surface area contributed by atoms with Crippen LogP contribution in [0.15, 0.2) is 42.5 Å². The second-order valence-corrected chi connectivity index (χ2v) is 5.73. The van der Waals surface area contributed by atoms with E-state index < -0.39 is 0 Å². The molecule has 7 nitrogen and oxygen atoms in total. The third kappa shape index (κ3) is 6.04. The van der Waals surface area contributed by atoms with Crippen molar-refractivity contribution in [2.75, 3.05) is 19.5 Å². The molecule has 27 heavy (non-hydrogen) atoms. The first kappa shape index (κ1) is 19.8. The Kier molecular flexibility index (Phi) is 7.20. The van der Waals surface area contributed by atoms with Crippen LogP contribution in [0.2, 0.25) is 0 Å². The van der Waals surface area contributed by atoms with Crippen LogP contribution >= 0.6 is 0 Å². The van der Waals surface area contributed by atoms with Gasteiger partial charge in [-0.25, -0.2) is 0 Å². The zero-order valence-electron chi connectivity index (χ0n) is 15.2. The summed E-state index contributed by atoms with van der Waals surface area (Å²) in [5.41, 5.74) is 2.25. The molecule has 140 valence electrons. The van der Waals surface area contributed by atoms with E-state index in [0.29, 0.717) is 23.7 Å². The maximum atomic E-state index is 12.3. The van der Waals surface area contributed by atoms with Crippen LogP contribution in [0.3, 0.4) is 0 Å². The summed E-state index contributed by atoms with van der Waals surface area (Å²) >= 11 is 0. The highest BCUT2D eigenvalue weighted by molar-refractivity contribution is 5.92. The van der Waals surface area contributed by atoms with E-state index in [0.717, 1.165) is 11.1 Å². The second kappa shape index (κ2) is 9.82. The topological polar surface area (TPSA) is 100 Å². The molecule has 0 saturated heterocycles. The number of amides is 2. The molecule has 2 amide bonds. The average Bonchev–Trinajstić information content (AvgIpc) is 2.66. The standard InChI is InChI=1S/C20H21N3O4/c1-26-17-7-6-14(11-18(17)27-2)12-20(25)23-16-5-3-4-15(10-16)13-22-19(24)8-9-21/h3-7,10-11H,8,12-13H2,1-2H3,(H,22,24)(H,23,25). The van der Waals surface area contributed by atoms with E-state index in [-0.39, 0.29) is 24.7 Å². The Morgan fingerprint density at radius 3 is 2.48 bits per heavy atom. The van der Waals surface area contributed by atoms with E-state index in [1.807, 2.05) is 12.1 Å². The number of rotatable bonds is 8. The Labute approximate surface area is 157 Å². The van der Waals surface area contributed by atoms with Crippen molar-refractivity contribution < 1.29 is 19.1 Å². The lowest BCUT2D eigenvalue weighted by molar-refractivity contribution is -0.120. The van der Waals surface area contributed by atoms with Crippen molar-refractivity contribution >= 4 is 17.5 Å². The van der Waals surface area contributed by atoms with E-state index in [1.165, 1.54) is 0 Å². The summed E-state index contributed by atoms with van der Waals surface area (Å²) in [6.45, 7) is 0.292. The smallest absolute Gasteiger partial charge is 0.234 e. The maximum absolute atomic E-state index is 12.3. The van der Waals surface area contributed by atoms with E-state index in [4.69, 9.17) is 14.7 Å². The molecule has 0 spiro atoms. The van der Waals surface area contributed by atoms with Gasteiger partial charge in [-0.1, -0.05) is 18.2 Å². The zero-order chi connectivity index (χ0) is 19.6. The molecular weight excluding hydrogens is 346 g/mol. The molecule has 2 aromatic rings. The summed E-state index contributed by atoms with van der Waals surface area (Å²) in [5.74, 6) is 0.666. The van der Waals surface area contributed by atoms with Gasteiger partial charge in [0.25, 0.3) is 0 Å². The van der Waals surface area contributed by atoms with Crippen LogP contribution in [0.25, 0.3) is 0 Å². The number of ether oxygens (including phenoxy) is 2. The van der Waals surface area contributed by atoms with Gasteiger partial charge in [0.05, 0.1) is 26.7 Å². The summed E-state index contributed by atoms with van der Waals surface area (Å²) < 4.78 is 10.4. The molecule has 0 aliphatic heterocycles. The molecule has 2 rings (SSSR count). The van der Waals surface area contributed by atoms with Gasteiger partial charge >= 0.3 is 0 Å². The molecule has 7 heteroatoms. The summed E-state index contributed by atoms with van der Waals surface area (Å²) in [4.78, 5) is 23.7. The van der Waals surface area contributed by atoms with E-state index in [9.17, 15) is 9.59 Å². The average molecular weight is 367 g/mol. The Bertz CT molecular complexity index is 859.